The number of H-pyrrole nitrogens is 1. The first-order valence-electron chi connectivity index (χ1n) is 20.8. The van der Waals surface area contributed by atoms with Crippen molar-refractivity contribution in [2.45, 2.75) is 218 Å². The van der Waals surface area contributed by atoms with Gasteiger partial charge in [0.2, 0.25) is 5.82 Å². The Bertz CT molecular complexity index is 1200. The molecule has 0 aliphatic carbocycles. The fraction of sp³-hybridized carbons (Fsp3) is 0.854. The van der Waals surface area contributed by atoms with Crippen LogP contribution in [-0.2, 0) is 19.1 Å². The molecule has 1 saturated heterocycles. The van der Waals surface area contributed by atoms with Crippen LogP contribution in [-0.4, -0.2) is 44.7 Å². The maximum Gasteiger partial charge on any atom is 0.330 e. The number of aromatic amines is 1. The summed E-state index contributed by atoms with van der Waals surface area (Å²) in [5, 5.41) is 11.6. The van der Waals surface area contributed by atoms with Crippen molar-refractivity contribution in [3.8, 4) is 0 Å². The monoisotopic (exact) mass is 723 g/mol. The van der Waals surface area contributed by atoms with E-state index < -0.39 is 46.8 Å². The van der Waals surface area contributed by atoms with E-state index in [1.807, 2.05) is 4.98 Å². The molecule has 2 rings (SSSR count). The highest BCUT2D eigenvalue weighted by atomic mass is 19.1. The Kier molecular flexibility index (Phi) is 24.0. The molecule has 1 aliphatic rings. The van der Waals surface area contributed by atoms with Crippen molar-refractivity contribution in [3.63, 3.8) is 0 Å². The lowest BCUT2D eigenvalue weighted by Gasteiger charge is -2.26. The van der Waals surface area contributed by atoms with E-state index in [2.05, 4.69) is 13.8 Å². The molecule has 0 amide bonds. The first kappa shape index (κ1) is 44.8. The number of carbonyl (C=O) groups is 2. The van der Waals surface area contributed by atoms with Crippen LogP contribution in [0.15, 0.2) is 15.8 Å². The van der Waals surface area contributed by atoms with Gasteiger partial charge in [-0.3, -0.25) is 23.9 Å². The maximum atomic E-state index is 14.1. The van der Waals surface area contributed by atoms with Gasteiger partial charge >= 0.3 is 11.7 Å². The molecular formula is C41H71FN2O7. The third-order valence-corrected chi connectivity index (χ3v) is 10.4. The van der Waals surface area contributed by atoms with Gasteiger partial charge in [0.15, 0.2) is 11.4 Å². The zero-order valence-corrected chi connectivity index (χ0v) is 32.2. The van der Waals surface area contributed by atoms with Gasteiger partial charge in [-0.1, -0.05) is 168 Å². The van der Waals surface area contributed by atoms with Gasteiger partial charge in [-0.2, -0.15) is 4.39 Å². The lowest BCUT2D eigenvalue weighted by molar-refractivity contribution is -0.160. The molecule has 1 aromatic heterocycles. The largest absolute Gasteiger partial charge is 0.463 e. The summed E-state index contributed by atoms with van der Waals surface area (Å²) >= 11 is 0. The summed E-state index contributed by atoms with van der Waals surface area (Å²) in [7, 11) is 0. The number of esters is 1. The fourth-order valence-electron chi connectivity index (χ4n) is 7.10. The predicted octanol–water partition coefficient (Wildman–Crippen LogP) is 9.77. The van der Waals surface area contributed by atoms with E-state index >= 15 is 0 Å². The summed E-state index contributed by atoms with van der Waals surface area (Å²) < 4.78 is 26.3. The number of rotatable bonds is 32. The van der Waals surface area contributed by atoms with Crippen molar-refractivity contribution >= 4 is 11.8 Å². The molecule has 1 aliphatic heterocycles. The van der Waals surface area contributed by atoms with E-state index in [9.17, 15) is 28.7 Å². The summed E-state index contributed by atoms with van der Waals surface area (Å²) in [4.78, 5) is 51.9. The second kappa shape index (κ2) is 27.3. The van der Waals surface area contributed by atoms with Gasteiger partial charge in [0.25, 0.3) is 5.56 Å². The molecule has 0 radical (unpaired) electrons. The number of hydrogen-bond donors (Lipinski definition) is 2. The Morgan fingerprint density at radius 3 is 1.61 bits per heavy atom. The topological polar surface area (TPSA) is 128 Å². The SMILES string of the molecule is CCCCCCCCCCCCCCCC(=O)OC[C@H]1O[C@@H](n2cc(F)c(=O)[nH]c2=O)C[C@@]1(O)C(=O)CCCCCCCCCCCCCCC. The van der Waals surface area contributed by atoms with E-state index in [0.717, 1.165) is 43.1 Å². The van der Waals surface area contributed by atoms with Gasteiger partial charge < -0.3 is 14.6 Å². The molecule has 2 N–H and O–H groups in total. The number of ether oxygens (including phenoxy) is 2. The fourth-order valence-corrected chi connectivity index (χ4v) is 7.10. The summed E-state index contributed by atoms with van der Waals surface area (Å²) in [6, 6.07) is 0. The predicted molar refractivity (Wildman–Crippen MR) is 201 cm³/mol. The normalized spacial score (nSPS) is 18.7. The van der Waals surface area contributed by atoms with Gasteiger partial charge in [0, 0.05) is 19.3 Å². The van der Waals surface area contributed by atoms with E-state index in [-0.39, 0.29) is 25.9 Å². The number of carbonyl (C=O) groups excluding carboxylic acids is 2. The van der Waals surface area contributed by atoms with E-state index in [0.29, 0.717) is 19.0 Å². The lowest BCUT2D eigenvalue weighted by atomic mass is 9.87. The van der Waals surface area contributed by atoms with Crippen LogP contribution in [0.1, 0.15) is 206 Å². The van der Waals surface area contributed by atoms with Gasteiger partial charge in [-0.15, -0.1) is 0 Å². The van der Waals surface area contributed by atoms with Crippen LogP contribution in [0.2, 0.25) is 0 Å². The molecule has 10 heteroatoms. The molecule has 294 valence electrons. The number of ketones is 1. The molecule has 2 heterocycles. The third-order valence-electron chi connectivity index (χ3n) is 10.4. The zero-order chi connectivity index (χ0) is 37.2. The van der Waals surface area contributed by atoms with Crippen molar-refractivity contribution in [3.05, 3.63) is 32.9 Å². The number of aliphatic hydroxyl groups is 1. The highest BCUT2D eigenvalue weighted by Crippen LogP contribution is 2.38. The molecule has 51 heavy (non-hydrogen) atoms. The van der Waals surface area contributed by atoms with Crippen molar-refractivity contribution < 1.29 is 28.6 Å². The van der Waals surface area contributed by atoms with Crippen LogP contribution in [0, 0.1) is 5.82 Å². The van der Waals surface area contributed by atoms with Crippen LogP contribution >= 0.6 is 0 Å². The van der Waals surface area contributed by atoms with Crippen LogP contribution in [0.5, 0.6) is 0 Å². The number of halogens is 1. The second-order valence-corrected chi connectivity index (χ2v) is 14.9. The van der Waals surface area contributed by atoms with Gasteiger partial charge in [0.1, 0.15) is 18.9 Å². The number of aromatic nitrogens is 2. The summed E-state index contributed by atoms with van der Waals surface area (Å²) in [5.41, 5.74) is -4.11. The molecule has 1 aromatic rings. The number of nitrogens with one attached hydrogen (secondary N) is 1. The molecule has 0 saturated carbocycles. The minimum atomic E-state index is -2.02. The number of nitrogens with zero attached hydrogens (tertiary/aromatic N) is 1. The van der Waals surface area contributed by atoms with E-state index in [4.69, 9.17) is 9.47 Å². The van der Waals surface area contributed by atoms with Crippen LogP contribution in [0.25, 0.3) is 0 Å². The summed E-state index contributed by atoms with van der Waals surface area (Å²) in [6.45, 7) is 4.11. The smallest absolute Gasteiger partial charge is 0.330 e. The third kappa shape index (κ3) is 18.3. The summed E-state index contributed by atoms with van der Waals surface area (Å²) in [6.07, 6.45) is 29.0. The van der Waals surface area contributed by atoms with Gasteiger partial charge in [0.05, 0.1) is 6.20 Å². The standard InChI is InChI=1S/C41H71FN2O7/c1-3-5-7-9-11-13-15-17-19-21-23-25-27-29-35(45)41(49)31-37(44-32-34(42)39(47)43-40(44)48)51-36(41)33-50-38(46)30-28-26-24-22-20-18-16-14-12-10-8-6-4-2/h32,36-37,49H,3-31,33H2,1-2H3,(H,43,47,48)/t36-,37-,41-/m1/s1. The Morgan fingerprint density at radius 1 is 0.745 bits per heavy atom. The maximum absolute atomic E-state index is 14.1. The highest BCUT2D eigenvalue weighted by molar-refractivity contribution is 5.88. The Balaban J connectivity index is 1.75. The number of Topliss-reactive ketones (excluding diaryl/α,β-unsaturated/α-hetero) is 1. The van der Waals surface area contributed by atoms with E-state index in [1.165, 1.54) is 116 Å². The Hall–Kier alpha value is -2.33. The minimum Gasteiger partial charge on any atom is -0.463 e. The summed E-state index contributed by atoms with van der Waals surface area (Å²) in [5.74, 6) is -2.08. The van der Waals surface area contributed by atoms with Crippen LogP contribution < -0.4 is 11.2 Å². The van der Waals surface area contributed by atoms with Crippen LogP contribution in [0.3, 0.4) is 0 Å². The molecule has 0 spiro atoms. The first-order valence-corrected chi connectivity index (χ1v) is 20.8. The van der Waals surface area contributed by atoms with Crippen molar-refractivity contribution in [2.24, 2.45) is 0 Å². The average molecular weight is 723 g/mol. The molecule has 3 atom stereocenters. The Labute approximate surface area is 306 Å². The van der Waals surface area contributed by atoms with Crippen molar-refractivity contribution in [2.75, 3.05) is 6.61 Å². The van der Waals surface area contributed by atoms with Gasteiger partial charge in [-0.05, 0) is 12.8 Å². The number of hydrogen-bond acceptors (Lipinski definition) is 7. The van der Waals surface area contributed by atoms with Gasteiger partial charge in [-0.25, -0.2) is 4.79 Å². The van der Waals surface area contributed by atoms with Crippen LogP contribution in [0.4, 0.5) is 4.39 Å². The minimum absolute atomic E-state index is 0.114. The molecule has 0 unspecified atom stereocenters. The second-order valence-electron chi connectivity index (χ2n) is 14.9. The first-order chi connectivity index (χ1) is 24.7. The van der Waals surface area contributed by atoms with E-state index in [1.54, 1.807) is 0 Å². The molecule has 1 fully saturated rings. The zero-order valence-electron chi connectivity index (χ0n) is 32.2. The molecule has 0 aromatic carbocycles. The van der Waals surface area contributed by atoms with Crippen molar-refractivity contribution in [1.82, 2.24) is 9.55 Å². The molecular weight excluding hydrogens is 651 g/mol. The average Bonchev–Trinajstić information content (AvgIpc) is 3.46. The molecule has 0 bridgehead atoms. The molecule has 9 nitrogen and oxygen atoms in total. The highest BCUT2D eigenvalue weighted by Gasteiger charge is 2.53. The Morgan fingerprint density at radius 2 is 1.16 bits per heavy atom. The quantitative estimate of drug-likeness (QED) is 0.0560. The number of unbranched alkanes of at least 4 members (excludes halogenated alkanes) is 24. The van der Waals surface area contributed by atoms with Crippen molar-refractivity contribution in [1.29, 1.82) is 0 Å². The lowest BCUT2D eigenvalue weighted by Crippen LogP contribution is -2.48.